The second-order valence-corrected chi connectivity index (χ2v) is 9.44. The fraction of sp³-hybridized carbons (Fsp3) is 0.259. The molecule has 0 fully saturated rings. The summed E-state index contributed by atoms with van der Waals surface area (Å²) in [5.74, 6) is 1.49. The first-order valence-corrected chi connectivity index (χ1v) is 12.4. The summed E-state index contributed by atoms with van der Waals surface area (Å²) in [4.78, 5) is 16.6. The molecule has 0 aliphatic carbocycles. The van der Waals surface area contributed by atoms with Gasteiger partial charge in [0.05, 0.1) is 5.75 Å². The maximum Gasteiger partial charge on any atom is 0.230 e. The molecule has 0 atom stereocenters. The molecular formula is C27H29N5OS. The number of aryl methyl sites for hydroxylation is 1. The van der Waals surface area contributed by atoms with Gasteiger partial charge in [-0.3, -0.25) is 14.3 Å². The van der Waals surface area contributed by atoms with E-state index in [0.717, 1.165) is 23.5 Å². The van der Waals surface area contributed by atoms with E-state index in [-0.39, 0.29) is 11.7 Å². The van der Waals surface area contributed by atoms with E-state index in [9.17, 15) is 4.79 Å². The predicted octanol–water partition coefficient (Wildman–Crippen LogP) is 5.21. The van der Waals surface area contributed by atoms with Crippen LogP contribution in [0.1, 0.15) is 36.5 Å². The number of amides is 1. The first-order chi connectivity index (χ1) is 16.5. The molecule has 1 amide bonds. The van der Waals surface area contributed by atoms with Gasteiger partial charge in [-0.25, -0.2) is 0 Å². The van der Waals surface area contributed by atoms with Gasteiger partial charge >= 0.3 is 0 Å². The molecule has 7 heteroatoms. The summed E-state index contributed by atoms with van der Waals surface area (Å²) >= 11 is 1.38. The largest absolute Gasteiger partial charge is 0.355 e. The highest BCUT2D eigenvalue weighted by Gasteiger charge is 2.17. The molecule has 0 unspecified atom stereocenters. The standard InChI is InChI=1S/C27H29N5OS/c1-19(2)22-8-6-21(7-9-22)12-17-29-25(33)18-34-27-31-30-26(23-13-15-28-16-14-23)32(27)24-10-4-20(3)5-11-24/h4-11,13-16,19H,12,17-18H2,1-3H3,(H,29,33). The Morgan fingerprint density at radius 1 is 0.971 bits per heavy atom. The molecule has 0 radical (unpaired) electrons. The lowest BCUT2D eigenvalue weighted by Gasteiger charge is -2.11. The minimum absolute atomic E-state index is 0.0206. The van der Waals surface area contributed by atoms with Gasteiger partial charge in [-0.1, -0.05) is 67.6 Å². The number of pyridine rings is 1. The summed E-state index contributed by atoms with van der Waals surface area (Å²) < 4.78 is 1.99. The summed E-state index contributed by atoms with van der Waals surface area (Å²) in [6.07, 6.45) is 4.28. The molecule has 4 rings (SSSR count). The zero-order valence-electron chi connectivity index (χ0n) is 19.7. The molecule has 0 aliphatic rings. The SMILES string of the molecule is Cc1ccc(-n2c(SCC(=O)NCCc3ccc(C(C)C)cc3)nnc2-c2ccncc2)cc1. The Balaban J connectivity index is 1.40. The number of nitrogens with one attached hydrogen (secondary N) is 1. The van der Waals surface area contributed by atoms with E-state index < -0.39 is 0 Å². The quantitative estimate of drug-likeness (QED) is 0.339. The second-order valence-electron chi connectivity index (χ2n) is 8.50. The van der Waals surface area contributed by atoms with E-state index in [1.54, 1.807) is 12.4 Å². The van der Waals surface area contributed by atoms with Gasteiger partial charge < -0.3 is 5.32 Å². The monoisotopic (exact) mass is 471 g/mol. The predicted molar refractivity (Wildman–Crippen MR) is 137 cm³/mol. The Hall–Kier alpha value is -3.45. The number of aromatic nitrogens is 4. The lowest BCUT2D eigenvalue weighted by molar-refractivity contribution is -0.118. The van der Waals surface area contributed by atoms with Crippen LogP contribution in [0, 0.1) is 6.92 Å². The van der Waals surface area contributed by atoms with E-state index in [1.165, 1.54) is 28.5 Å². The Bertz CT molecular complexity index is 1220. The number of nitrogens with zero attached hydrogens (tertiary/aromatic N) is 4. The van der Waals surface area contributed by atoms with E-state index in [4.69, 9.17) is 0 Å². The number of hydrogen-bond donors (Lipinski definition) is 1. The summed E-state index contributed by atoms with van der Waals surface area (Å²) in [6.45, 7) is 7.03. The zero-order valence-corrected chi connectivity index (χ0v) is 20.5. The minimum Gasteiger partial charge on any atom is -0.355 e. The molecule has 2 aromatic carbocycles. The van der Waals surface area contributed by atoms with E-state index >= 15 is 0 Å². The molecule has 34 heavy (non-hydrogen) atoms. The van der Waals surface area contributed by atoms with Gasteiger partial charge in [-0.15, -0.1) is 10.2 Å². The molecule has 0 bridgehead atoms. The molecule has 174 valence electrons. The molecule has 0 aliphatic heterocycles. The van der Waals surface area contributed by atoms with E-state index in [2.05, 4.69) is 77.7 Å². The first-order valence-electron chi connectivity index (χ1n) is 11.4. The van der Waals surface area contributed by atoms with Crippen LogP contribution in [0.5, 0.6) is 0 Å². The Morgan fingerprint density at radius 2 is 1.68 bits per heavy atom. The Kier molecular flexibility index (Phi) is 7.75. The molecular weight excluding hydrogens is 442 g/mol. The highest BCUT2D eigenvalue weighted by Crippen LogP contribution is 2.27. The summed E-state index contributed by atoms with van der Waals surface area (Å²) in [5.41, 5.74) is 5.60. The Morgan fingerprint density at radius 3 is 2.35 bits per heavy atom. The van der Waals surface area contributed by atoms with Crippen molar-refractivity contribution < 1.29 is 4.79 Å². The van der Waals surface area contributed by atoms with Crippen molar-refractivity contribution in [2.75, 3.05) is 12.3 Å². The average Bonchev–Trinajstić information content (AvgIpc) is 3.28. The van der Waals surface area contributed by atoms with Crippen molar-refractivity contribution in [3.63, 3.8) is 0 Å². The van der Waals surface area contributed by atoms with Gasteiger partial charge in [-0.2, -0.15) is 0 Å². The van der Waals surface area contributed by atoms with Crippen LogP contribution in [0.4, 0.5) is 0 Å². The van der Waals surface area contributed by atoms with Crippen molar-refractivity contribution in [2.24, 2.45) is 0 Å². The molecule has 0 saturated heterocycles. The zero-order chi connectivity index (χ0) is 23.9. The number of benzene rings is 2. The van der Waals surface area contributed by atoms with Gasteiger partial charge in [-0.05, 0) is 54.7 Å². The van der Waals surface area contributed by atoms with Crippen LogP contribution in [0.25, 0.3) is 17.1 Å². The van der Waals surface area contributed by atoms with Gasteiger partial charge in [0.1, 0.15) is 0 Å². The molecule has 6 nitrogen and oxygen atoms in total. The maximum absolute atomic E-state index is 12.5. The smallest absolute Gasteiger partial charge is 0.230 e. The number of carbonyl (C=O) groups is 1. The molecule has 2 heterocycles. The molecule has 2 aromatic heterocycles. The van der Waals surface area contributed by atoms with Crippen LogP contribution in [0.15, 0.2) is 78.2 Å². The van der Waals surface area contributed by atoms with Crippen LogP contribution in [0.3, 0.4) is 0 Å². The third kappa shape index (κ3) is 5.91. The topological polar surface area (TPSA) is 72.7 Å². The molecule has 1 N–H and O–H groups in total. The van der Waals surface area contributed by atoms with Gasteiger partial charge in [0, 0.05) is 30.2 Å². The first kappa shape index (κ1) is 23.7. The normalized spacial score (nSPS) is 11.1. The van der Waals surface area contributed by atoms with Crippen LogP contribution in [-0.4, -0.2) is 38.0 Å². The van der Waals surface area contributed by atoms with Crippen molar-refractivity contribution in [1.29, 1.82) is 0 Å². The van der Waals surface area contributed by atoms with Crippen molar-refractivity contribution in [3.8, 4) is 17.1 Å². The van der Waals surface area contributed by atoms with Crippen molar-refractivity contribution in [3.05, 3.63) is 89.7 Å². The summed E-state index contributed by atoms with van der Waals surface area (Å²) in [6, 6.07) is 20.6. The fourth-order valence-corrected chi connectivity index (χ4v) is 4.36. The third-order valence-corrected chi connectivity index (χ3v) is 6.51. The van der Waals surface area contributed by atoms with Crippen LogP contribution < -0.4 is 5.32 Å². The van der Waals surface area contributed by atoms with Crippen LogP contribution in [-0.2, 0) is 11.2 Å². The molecule has 0 spiro atoms. The molecule has 0 saturated carbocycles. The van der Waals surface area contributed by atoms with Crippen molar-refractivity contribution in [2.45, 2.75) is 38.3 Å². The minimum atomic E-state index is -0.0206. The van der Waals surface area contributed by atoms with Gasteiger partial charge in [0.2, 0.25) is 5.91 Å². The average molecular weight is 472 g/mol. The van der Waals surface area contributed by atoms with Crippen molar-refractivity contribution in [1.82, 2.24) is 25.1 Å². The number of thioether (sulfide) groups is 1. The summed E-state index contributed by atoms with van der Waals surface area (Å²) in [5, 5.41) is 12.5. The third-order valence-electron chi connectivity index (χ3n) is 5.58. The Labute approximate surface area is 204 Å². The highest BCUT2D eigenvalue weighted by molar-refractivity contribution is 7.99. The van der Waals surface area contributed by atoms with Crippen LogP contribution >= 0.6 is 11.8 Å². The van der Waals surface area contributed by atoms with E-state index in [1.807, 2.05) is 28.8 Å². The molecule has 4 aromatic rings. The van der Waals surface area contributed by atoms with Gasteiger partial charge in [0.15, 0.2) is 11.0 Å². The van der Waals surface area contributed by atoms with Gasteiger partial charge in [0.25, 0.3) is 0 Å². The summed E-state index contributed by atoms with van der Waals surface area (Å²) in [7, 11) is 0. The van der Waals surface area contributed by atoms with E-state index in [0.29, 0.717) is 17.6 Å². The highest BCUT2D eigenvalue weighted by atomic mass is 32.2. The number of hydrogen-bond acceptors (Lipinski definition) is 5. The second kappa shape index (κ2) is 11.1. The number of rotatable bonds is 9. The van der Waals surface area contributed by atoms with Crippen molar-refractivity contribution >= 4 is 17.7 Å². The fourth-order valence-electron chi connectivity index (χ4n) is 3.57. The maximum atomic E-state index is 12.5. The lowest BCUT2D eigenvalue weighted by atomic mass is 10.0. The number of carbonyl (C=O) groups excluding carboxylic acids is 1. The van der Waals surface area contributed by atoms with Crippen LogP contribution in [0.2, 0.25) is 0 Å². The lowest BCUT2D eigenvalue weighted by Crippen LogP contribution is -2.27.